The van der Waals surface area contributed by atoms with Crippen LogP contribution in [0.3, 0.4) is 0 Å². The lowest BCUT2D eigenvalue weighted by atomic mass is 10.0. The molecule has 0 spiro atoms. The number of rotatable bonds is 2. The maximum Gasteiger partial charge on any atom is 0.223 e. The van der Waals surface area contributed by atoms with Gasteiger partial charge in [-0.15, -0.1) is 0 Å². The largest absolute Gasteiger partial charge is 0.496 e. The normalized spacial score (nSPS) is 10.5. The van der Waals surface area contributed by atoms with Gasteiger partial charge in [-0.3, -0.25) is 0 Å². The fraction of sp³-hybridized carbons (Fsp3) is 0.286. The van der Waals surface area contributed by atoms with Crippen LogP contribution in [-0.2, 0) is 0 Å². The molecule has 2 rings (SSSR count). The first-order valence-corrected chi connectivity index (χ1v) is 6.06. The van der Waals surface area contributed by atoms with Crippen molar-refractivity contribution in [2.24, 2.45) is 0 Å². The lowest BCUT2D eigenvalue weighted by molar-refractivity contribution is 0.415. The lowest BCUT2D eigenvalue weighted by Crippen LogP contribution is -1.97. The van der Waals surface area contributed by atoms with Gasteiger partial charge in [-0.05, 0) is 55.6 Å². The number of hydrogen-bond donors (Lipinski definition) is 0. The van der Waals surface area contributed by atoms with E-state index < -0.39 is 0 Å². The average molecular weight is 263 g/mol. The van der Waals surface area contributed by atoms with Crippen LogP contribution in [0.15, 0.2) is 18.2 Å². The van der Waals surface area contributed by atoms with Gasteiger partial charge in [0.15, 0.2) is 0 Å². The van der Waals surface area contributed by atoms with Crippen molar-refractivity contribution in [1.82, 2.24) is 9.97 Å². The molecule has 0 saturated heterocycles. The molecule has 0 amide bonds. The van der Waals surface area contributed by atoms with Crippen LogP contribution in [0.4, 0.5) is 0 Å². The summed E-state index contributed by atoms with van der Waals surface area (Å²) in [4.78, 5) is 8.35. The third-order valence-corrected chi connectivity index (χ3v) is 2.92. The number of aromatic nitrogens is 2. The molecule has 3 nitrogen and oxygen atoms in total. The van der Waals surface area contributed by atoms with Crippen LogP contribution >= 0.6 is 11.6 Å². The minimum absolute atomic E-state index is 0.257. The van der Waals surface area contributed by atoms with Crippen LogP contribution in [0, 0.1) is 20.8 Å². The number of halogens is 1. The number of methoxy groups -OCH3 is 1. The third-order valence-electron chi connectivity index (χ3n) is 2.75. The molecule has 1 aromatic heterocycles. The molecule has 18 heavy (non-hydrogen) atoms. The van der Waals surface area contributed by atoms with Gasteiger partial charge in [-0.1, -0.05) is 6.07 Å². The Labute approximate surface area is 112 Å². The number of ether oxygens (including phenoxy) is 1. The van der Waals surface area contributed by atoms with Crippen molar-refractivity contribution in [3.05, 3.63) is 40.3 Å². The van der Waals surface area contributed by atoms with Crippen molar-refractivity contribution >= 4 is 11.6 Å². The molecule has 0 aliphatic rings. The van der Waals surface area contributed by atoms with Gasteiger partial charge in [0, 0.05) is 11.3 Å². The maximum absolute atomic E-state index is 5.92. The Morgan fingerprint density at radius 2 is 1.78 bits per heavy atom. The monoisotopic (exact) mass is 262 g/mol. The Morgan fingerprint density at radius 3 is 2.39 bits per heavy atom. The molecule has 1 heterocycles. The second-order valence-corrected chi connectivity index (χ2v) is 4.66. The highest BCUT2D eigenvalue weighted by Crippen LogP contribution is 2.33. The Bertz CT molecular complexity index is 576. The first-order chi connectivity index (χ1) is 8.51. The summed E-state index contributed by atoms with van der Waals surface area (Å²) in [5.74, 6) is 0.807. The van der Waals surface area contributed by atoms with E-state index in [1.165, 1.54) is 0 Å². The van der Waals surface area contributed by atoms with Gasteiger partial charge in [-0.2, -0.15) is 0 Å². The fourth-order valence-corrected chi connectivity index (χ4v) is 2.30. The summed E-state index contributed by atoms with van der Waals surface area (Å²) in [7, 11) is 1.66. The lowest BCUT2D eigenvalue weighted by Gasteiger charge is -2.13. The van der Waals surface area contributed by atoms with Crippen LogP contribution in [0.1, 0.15) is 16.8 Å². The van der Waals surface area contributed by atoms with E-state index in [2.05, 4.69) is 16.0 Å². The van der Waals surface area contributed by atoms with E-state index in [9.17, 15) is 0 Å². The van der Waals surface area contributed by atoms with Crippen molar-refractivity contribution in [2.45, 2.75) is 20.8 Å². The Balaban J connectivity index is 2.69. The molecule has 0 bridgehead atoms. The summed E-state index contributed by atoms with van der Waals surface area (Å²) in [5, 5.41) is 0.257. The van der Waals surface area contributed by atoms with E-state index in [0.29, 0.717) is 0 Å². The average Bonchev–Trinajstić information content (AvgIpc) is 2.26. The first-order valence-electron chi connectivity index (χ1n) is 5.68. The van der Waals surface area contributed by atoms with Crippen LogP contribution in [-0.4, -0.2) is 17.1 Å². The minimum Gasteiger partial charge on any atom is -0.496 e. The van der Waals surface area contributed by atoms with Crippen molar-refractivity contribution < 1.29 is 4.74 Å². The third kappa shape index (κ3) is 2.46. The van der Waals surface area contributed by atoms with E-state index in [1.807, 2.05) is 32.9 Å². The molecule has 2 aromatic rings. The van der Waals surface area contributed by atoms with Crippen LogP contribution in [0.2, 0.25) is 5.28 Å². The molecule has 0 aliphatic heterocycles. The van der Waals surface area contributed by atoms with Crippen molar-refractivity contribution in [3.63, 3.8) is 0 Å². The molecule has 94 valence electrons. The van der Waals surface area contributed by atoms with Crippen molar-refractivity contribution in [1.29, 1.82) is 0 Å². The van der Waals surface area contributed by atoms with Gasteiger partial charge < -0.3 is 4.74 Å². The number of nitrogens with zero attached hydrogens (tertiary/aromatic N) is 2. The molecule has 1 aromatic carbocycles. The quantitative estimate of drug-likeness (QED) is 0.774. The molecule has 0 N–H and O–H groups in total. The standard InChI is InChI=1S/C14H15ClN2O/c1-8-5-9(2)13(12(6-8)18-4)11-7-10(3)16-14(15)17-11/h5-7H,1-4H3. The topological polar surface area (TPSA) is 35.0 Å². The molecule has 0 atom stereocenters. The first kappa shape index (κ1) is 12.8. The summed E-state index contributed by atoms with van der Waals surface area (Å²) in [6, 6.07) is 6.00. The number of hydrogen-bond acceptors (Lipinski definition) is 3. The van der Waals surface area contributed by atoms with E-state index in [4.69, 9.17) is 16.3 Å². The van der Waals surface area contributed by atoms with Gasteiger partial charge in [-0.25, -0.2) is 9.97 Å². The highest BCUT2D eigenvalue weighted by molar-refractivity contribution is 6.28. The molecule has 4 heteroatoms. The van der Waals surface area contributed by atoms with Gasteiger partial charge in [0.2, 0.25) is 5.28 Å². The summed E-state index contributed by atoms with van der Waals surface area (Å²) in [6.07, 6.45) is 0. The molecular weight excluding hydrogens is 248 g/mol. The summed E-state index contributed by atoms with van der Waals surface area (Å²) in [5.41, 5.74) is 4.87. The predicted octanol–water partition coefficient (Wildman–Crippen LogP) is 3.73. The highest BCUT2D eigenvalue weighted by Gasteiger charge is 2.13. The molecule has 0 saturated carbocycles. The Morgan fingerprint density at radius 1 is 1.06 bits per heavy atom. The van der Waals surface area contributed by atoms with Crippen LogP contribution < -0.4 is 4.74 Å². The fourth-order valence-electron chi connectivity index (χ4n) is 2.08. The molecule has 0 radical (unpaired) electrons. The second kappa shape index (κ2) is 4.94. The molecule has 0 aliphatic carbocycles. The zero-order valence-electron chi connectivity index (χ0n) is 10.9. The van der Waals surface area contributed by atoms with Crippen LogP contribution in [0.5, 0.6) is 5.75 Å². The van der Waals surface area contributed by atoms with Gasteiger partial charge in [0.1, 0.15) is 5.75 Å². The Kier molecular flexibility index (Phi) is 3.53. The summed E-state index contributed by atoms with van der Waals surface area (Å²) < 4.78 is 5.44. The SMILES string of the molecule is COc1cc(C)cc(C)c1-c1cc(C)nc(Cl)n1. The van der Waals surface area contributed by atoms with E-state index >= 15 is 0 Å². The predicted molar refractivity (Wildman–Crippen MR) is 73.2 cm³/mol. The van der Waals surface area contributed by atoms with Gasteiger partial charge in [0.05, 0.1) is 12.8 Å². The van der Waals surface area contributed by atoms with Crippen molar-refractivity contribution in [2.75, 3.05) is 7.11 Å². The molecular formula is C14H15ClN2O. The summed E-state index contributed by atoms with van der Waals surface area (Å²) >= 11 is 5.92. The van der Waals surface area contributed by atoms with Crippen molar-refractivity contribution in [3.8, 4) is 17.0 Å². The van der Waals surface area contributed by atoms with E-state index in [0.717, 1.165) is 33.8 Å². The number of aryl methyl sites for hydroxylation is 3. The van der Waals surface area contributed by atoms with E-state index in [1.54, 1.807) is 7.11 Å². The van der Waals surface area contributed by atoms with Crippen LogP contribution in [0.25, 0.3) is 11.3 Å². The molecule has 0 fully saturated rings. The van der Waals surface area contributed by atoms with Gasteiger partial charge in [0.25, 0.3) is 0 Å². The zero-order chi connectivity index (χ0) is 13.3. The second-order valence-electron chi connectivity index (χ2n) is 4.32. The van der Waals surface area contributed by atoms with Gasteiger partial charge >= 0.3 is 0 Å². The Hall–Kier alpha value is -1.61. The highest BCUT2D eigenvalue weighted by atomic mass is 35.5. The maximum atomic E-state index is 5.92. The smallest absolute Gasteiger partial charge is 0.223 e. The van der Waals surface area contributed by atoms with E-state index in [-0.39, 0.29) is 5.28 Å². The zero-order valence-corrected chi connectivity index (χ0v) is 11.7. The number of benzene rings is 1. The minimum atomic E-state index is 0.257. The summed E-state index contributed by atoms with van der Waals surface area (Å²) in [6.45, 7) is 5.97. The molecule has 0 unspecified atom stereocenters.